The molecule has 0 saturated heterocycles. The van der Waals surface area contributed by atoms with Crippen molar-refractivity contribution in [1.82, 2.24) is 0 Å². The van der Waals surface area contributed by atoms with Crippen LogP contribution >= 0.6 is 0 Å². The lowest BCUT2D eigenvalue weighted by molar-refractivity contribution is -0.191. The van der Waals surface area contributed by atoms with Crippen LogP contribution < -0.4 is 0 Å². The van der Waals surface area contributed by atoms with Crippen molar-refractivity contribution in [1.29, 1.82) is 0 Å². The average molecular weight is 475 g/mol. The molecule has 0 aliphatic heterocycles. The summed E-state index contributed by atoms with van der Waals surface area (Å²) in [6, 6.07) is 0. The second-order valence-electron chi connectivity index (χ2n) is 13.3. The van der Waals surface area contributed by atoms with E-state index in [0.717, 1.165) is 12.0 Å². The number of rotatable bonds is 4. The summed E-state index contributed by atoms with van der Waals surface area (Å²) in [5, 5.41) is 31.8. The molecule has 34 heavy (non-hydrogen) atoms. The molecule has 3 fully saturated rings. The molecule has 6 heteroatoms. The fourth-order valence-corrected chi connectivity index (χ4v) is 9.22. The van der Waals surface area contributed by atoms with Crippen LogP contribution in [-0.2, 0) is 14.4 Å². The topological polar surface area (TPSA) is 112 Å². The average Bonchev–Trinajstić information content (AvgIpc) is 2.70. The van der Waals surface area contributed by atoms with Gasteiger partial charge in [-0.05, 0) is 79.4 Å². The van der Waals surface area contributed by atoms with Gasteiger partial charge in [-0.15, -0.1) is 0 Å². The Morgan fingerprint density at radius 3 is 2.15 bits per heavy atom. The van der Waals surface area contributed by atoms with Crippen LogP contribution in [0.1, 0.15) is 92.9 Å². The van der Waals surface area contributed by atoms with Crippen molar-refractivity contribution in [2.75, 3.05) is 0 Å². The van der Waals surface area contributed by atoms with E-state index in [9.17, 15) is 29.7 Å². The van der Waals surface area contributed by atoms with E-state index in [1.54, 1.807) is 6.92 Å². The minimum Gasteiger partial charge on any atom is -0.481 e. The van der Waals surface area contributed by atoms with Crippen molar-refractivity contribution >= 4 is 17.7 Å². The lowest BCUT2D eigenvalue weighted by Gasteiger charge is -2.68. The van der Waals surface area contributed by atoms with E-state index in [0.29, 0.717) is 38.5 Å². The maximum Gasteiger partial charge on any atom is 0.310 e. The third-order valence-electron chi connectivity index (χ3n) is 11.6. The van der Waals surface area contributed by atoms with E-state index in [4.69, 9.17) is 0 Å². The normalized spacial score (nSPS) is 47.4. The minimum atomic E-state index is -0.954. The molecule has 0 heterocycles. The molecule has 0 amide bonds. The molecular weight excluding hydrogens is 432 g/mol. The first-order valence-corrected chi connectivity index (χ1v) is 12.9. The summed E-state index contributed by atoms with van der Waals surface area (Å²) in [4.78, 5) is 37.3. The van der Waals surface area contributed by atoms with Gasteiger partial charge >= 0.3 is 11.9 Å². The lowest BCUT2D eigenvalue weighted by Crippen LogP contribution is -2.65. The van der Waals surface area contributed by atoms with Crippen LogP contribution in [-0.4, -0.2) is 39.1 Å². The number of carbonyl (C=O) groups is 3. The smallest absolute Gasteiger partial charge is 0.310 e. The fourth-order valence-electron chi connectivity index (χ4n) is 9.22. The highest BCUT2D eigenvalue weighted by atomic mass is 16.4. The summed E-state index contributed by atoms with van der Waals surface area (Å²) in [6.45, 7) is 12.1. The zero-order chi connectivity index (χ0) is 25.5. The van der Waals surface area contributed by atoms with Crippen LogP contribution in [0.4, 0.5) is 0 Å². The predicted octanol–water partition coefficient (Wildman–Crippen LogP) is 5.09. The molecule has 0 aromatic heterocycles. The Morgan fingerprint density at radius 2 is 1.59 bits per heavy atom. The van der Waals surface area contributed by atoms with E-state index in [1.807, 2.05) is 20.8 Å². The zero-order valence-electron chi connectivity index (χ0n) is 21.6. The largest absolute Gasteiger partial charge is 0.481 e. The number of aliphatic hydroxyl groups is 1. The third kappa shape index (κ3) is 3.12. The minimum absolute atomic E-state index is 0.00132. The Morgan fingerprint density at radius 1 is 0.971 bits per heavy atom. The van der Waals surface area contributed by atoms with E-state index in [2.05, 4.69) is 19.9 Å². The summed E-state index contributed by atoms with van der Waals surface area (Å²) < 4.78 is 0. The van der Waals surface area contributed by atoms with Gasteiger partial charge in [-0.25, -0.2) is 0 Å². The Hall–Kier alpha value is -1.69. The maximum absolute atomic E-state index is 12.7. The highest BCUT2D eigenvalue weighted by Crippen LogP contribution is 2.73. The van der Waals surface area contributed by atoms with Crippen LogP contribution in [0.5, 0.6) is 0 Å². The van der Waals surface area contributed by atoms with Gasteiger partial charge in [0.15, 0.2) is 0 Å². The first-order chi connectivity index (χ1) is 15.6. The van der Waals surface area contributed by atoms with Crippen LogP contribution in [0.3, 0.4) is 0 Å². The van der Waals surface area contributed by atoms with E-state index >= 15 is 0 Å². The van der Waals surface area contributed by atoms with Gasteiger partial charge in [0.2, 0.25) is 0 Å². The molecule has 0 spiro atoms. The number of aliphatic hydroxyl groups excluding tert-OH is 1. The monoisotopic (exact) mass is 474 g/mol. The Balaban J connectivity index is 1.88. The van der Waals surface area contributed by atoms with Gasteiger partial charge in [-0.3, -0.25) is 14.4 Å². The number of ketones is 1. The molecule has 4 rings (SSSR count). The third-order valence-corrected chi connectivity index (χ3v) is 11.6. The summed E-state index contributed by atoms with van der Waals surface area (Å²) in [5.74, 6) is -2.36. The highest BCUT2D eigenvalue weighted by molar-refractivity contribution is 5.81. The van der Waals surface area contributed by atoms with Gasteiger partial charge in [-0.2, -0.15) is 0 Å². The van der Waals surface area contributed by atoms with Crippen LogP contribution in [0, 0.1) is 44.8 Å². The SMILES string of the molecule is CC(=O)C1CCC2(C)C(CC=C3C4C(O)C(C)(C)CCC4(C(=O)O)CCC32C)C1(C)CC(=O)O. The molecule has 3 saturated carbocycles. The van der Waals surface area contributed by atoms with Crippen molar-refractivity contribution in [2.45, 2.75) is 99.0 Å². The fraction of sp³-hybridized carbons (Fsp3) is 0.821. The molecule has 8 unspecified atom stereocenters. The predicted molar refractivity (Wildman–Crippen MR) is 128 cm³/mol. The van der Waals surface area contributed by atoms with Crippen molar-refractivity contribution in [3.05, 3.63) is 11.6 Å². The number of fused-ring (bicyclic) bond motifs is 5. The Labute approximate surface area is 203 Å². The number of aliphatic carboxylic acids is 2. The maximum atomic E-state index is 12.7. The lowest BCUT2D eigenvalue weighted by atomic mass is 9.35. The van der Waals surface area contributed by atoms with Gasteiger partial charge in [0.05, 0.1) is 17.9 Å². The number of carboxylic acid groups (broad SMARTS) is 2. The second kappa shape index (κ2) is 7.65. The van der Waals surface area contributed by atoms with Crippen molar-refractivity contribution in [3.63, 3.8) is 0 Å². The zero-order valence-corrected chi connectivity index (χ0v) is 21.6. The Kier molecular flexibility index (Phi) is 5.72. The molecule has 6 nitrogen and oxygen atoms in total. The van der Waals surface area contributed by atoms with E-state index in [-0.39, 0.29) is 40.3 Å². The Bertz CT molecular complexity index is 951. The first kappa shape index (κ1) is 25.4. The van der Waals surface area contributed by atoms with E-state index < -0.39 is 34.8 Å². The molecule has 190 valence electrons. The first-order valence-electron chi connectivity index (χ1n) is 12.9. The van der Waals surface area contributed by atoms with Crippen molar-refractivity contribution in [3.8, 4) is 0 Å². The molecule has 4 aliphatic rings. The number of hydrogen-bond donors (Lipinski definition) is 3. The van der Waals surface area contributed by atoms with Gasteiger partial charge in [0, 0.05) is 11.8 Å². The quantitative estimate of drug-likeness (QED) is 0.490. The second-order valence-corrected chi connectivity index (χ2v) is 13.3. The van der Waals surface area contributed by atoms with Crippen molar-refractivity contribution < 1.29 is 29.7 Å². The highest BCUT2D eigenvalue weighted by Gasteiger charge is 2.69. The number of allylic oxidation sites excluding steroid dienone is 1. The van der Waals surface area contributed by atoms with E-state index in [1.165, 1.54) is 0 Å². The molecule has 0 radical (unpaired) electrons. The summed E-state index contributed by atoms with van der Waals surface area (Å²) in [5.41, 5.74) is -1.55. The van der Waals surface area contributed by atoms with Gasteiger partial charge in [-0.1, -0.05) is 46.3 Å². The number of carboxylic acids is 2. The van der Waals surface area contributed by atoms with Crippen molar-refractivity contribution in [2.24, 2.45) is 44.8 Å². The standard InChI is InChI=1S/C28H42O6/c1-16(29)17-9-10-27(6)19(25(17,4)15-20(30)31)8-7-18-21-22(32)24(2,3)11-13-28(21,23(33)34)14-12-26(18,27)5/h7,17,19,21-22,32H,8-15H2,1-6H3,(H,30,31)(H,33,34). The van der Waals surface area contributed by atoms with Gasteiger partial charge in [0.25, 0.3) is 0 Å². The van der Waals surface area contributed by atoms with Gasteiger partial charge in [0.1, 0.15) is 5.78 Å². The summed E-state index contributed by atoms with van der Waals surface area (Å²) >= 11 is 0. The molecule has 4 aliphatic carbocycles. The summed E-state index contributed by atoms with van der Waals surface area (Å²) in [6.07, 6.45) is 5.89. The molecular formula is C28H42O6. The van der Waals surface area contributed by atoms with Crippen LogP contribution in [0.15, 0.2) is 11.6 Å². The molecule has 0 bridgehead atoms. The van der Waals surface area contributed by atoms with Crippen LogP contribution in [0.2, 0.25) is 0 Å². The van der Waals surface area contributed by atoms with Crippen LogP contribution in [0.25, 0.3) is 0 Å². The van der Waals surface area contributed by atoms with Gasteiger partial charge < -0.3 is 15.3 Å². The summed E-state index contributed by atoms with van der Waals surface area (Å²) in [7, 11) is 0. The molecule has 3 N–H and O–H groups in total. The molecule has 0 aromatic rings. The molecule has 0 aromatic carbocycles. The number of carbonyl (C=O) groups excluding carboxylic acids is 1. The number of Topliss-reactive ketones (excluding diaryl/α,β-unsaturated/α-hetero) is 1. The molecule has 8 atom stereocenters. The number of hydrogen-bond acceptors (Lipinski definition) is 4.